The molecule has 2 saturated heterocycles. The molecule has 132 valence electrons. The van der Waals surface area contributed by atoms with Crippen LogP contribution in [0.25, 0.3) is 0 Å². The Kier molecular flexibility index (Phi) is 6.26. The summed E-state index contributed by atoms with van der Waals surface area (Å²) in [6.07, 6.45) is 3.65. The number of hydrogen-bond acceptors (Lipinski definition) is 4. The number of amides is 2. The summed E-state index contributed by atoms with van der Waals surface area (Å²) in [7, 11) is 1.64. The third-order valence-electron chi connectivity index (χ3n) is 4.71. The molecule has 1 aromatic carbocycles. The van der Waals surface area contributed by atoms with Gasteiger partial charge in [-0.15, -0.1) is 0 Å². The number of rotatable bonds is 4. The molecular weight excluding hydrogens is 322 g/mol. The molecule has 0 aliphatic carbocycles. The van der Waals surface area contributed by atoms with Gasteiger partial charge in [0, 0.05) is 24.5 Å². The smallest absolute Gasteiger partial charge is 0.322 e. The highest BCUT2D eigenvalue weighted by molar-refractivity contribution is 7.99. The molecule has 24 heavy (non-hydrogen) atoms. The van der Waals surface area contributed by atoms with Gasteiger partial charge in [-0.2, -0.15) is 11.8 Å². The summed E-state index contributed by atoms with van der Waals surface area (Å²) in [5, 5.41) is 3.05. The summed E-state index contributed by atoms with van der Waals surface area (Å²) in [5.74, 6) is 2.97. The van der Waals surface area contributed by atoms with Crippen LogP contribution in [0.4, 0.5) is 10.5 Å². The van der Waals surface area contributed by atoms with Crippen molar-refractivity contribution in [3.05, 3.63) is 24.3 Å². The van der Waals surface area contributed by atoms with Crippen LogP contribution in [-0.4, -0.2) is 66.7 Å². The van der Waals surface area contributed by atoms with Crippen LogP contribution in [0.5, 0.6) is 5.75 Å². The minimum atomic E-state index is 0.0202. The molecule has 0 radical (unpaired) electrons. The lowest BCUT2D eigenvalue weighted by Crippen LogP contribution is -2.49. The van der Waals surface area contributed by atoms with Crippen molar-refractivity contribution in [3.63, 3.8) is 0 Å². The molecule has 5 nitrogen and oxygen atoms in total. The molecule has 0 saturated carbocycles. The van der Waals surface area contributed by atoms with E-state index in [-0.39, 0.29) is 6.03 Å². The Morgan fingerprint density at radius 1 is 1.21 bits per heavy atom. The van der Waals surface area contributed by atoms with Crippen LogP contribution in [0.15, 0.2) is 24.3 Å². The molecule has 3 rings (SSSR count). The first kappa shape index (κ1) is 17.4. The van der Waals surface area contributed by atoms with Crippen molar-refractivity contribution in [3.8, 4) is 5.75 Å². The molecule has 2 aliphatic rings. The number of hydrogen-bond donors (Lipinski definition) is 1. The number of benzene rings is 1. The van der Waals surface area contributed by atoms with Crippen LogP contribution in [0.2, 0.25) is 0 Å². The van der Waals surface area contributed by atoms with E-state index in [0.29, 0.717) is 6.04 Å². The number of nitrogens with zero attached hydrogens (tertiary/aromatic N) is 2. The summed E-state index contributed by atoms with van der Waals surface area (Å²) in [6, 6.07) is 7.84. The second kappa shape index (κ2) is 8.62. The highest BCUT2D eigenvalue weighted by Gasteiger charge is 2.28. The number of nitrogens with one attached hydrogen (secondary N) is 1. The first-order chi connectivity index (χ1) is 11.8. The van der Waals surface area contributed by atoms with Crippen LogP contribution < -0.4 is 10.1 Å². The van der Waals surface area contributed by atoms with Gasteiger partial charge in [0.05, 0.1) is 13.2 Å². The number of likely N-dealkylation sites (tertiary alicyclic amines) is 1. The van der Waals surface area contributed by atoms with E-state index in [9.17, 15) is 4.79 Å². The Balaban J connectivity index is 1.64. The highest BCUT2D eigenvalue weighted by atomic mass is 32.2. The van der Waals surface area contributed by atoms with Crippen molar-refractivity contribution in [2.45, 2.75) is 25.3 Å². The maximum Gasteiger partial charge on any atom is 0.322 e. The van der Waals surface area contributed by atoms with E-state index in [1.54, 1.807) is 7.11 Å². The lowest BCUT2D eigenvalue weighted by molar-refractivity contribution is 0.173. The van der Waals surface area contributed by atoms with Gasteiger partial charge in [-0.1, -0.05) is 0 Å². The monoisotopic (exact) mass is 349 g/mol. The lowest BCUT2D eigenvalue weighted by atomic mass is 10.2. The molecule has 2 fully saturated rings. The zero-order valence-corrected chi connectivity index (χ0v) is 15.2. The summed E-state index contributed by atoms with van der Waals surface area (Å²) in [5.41, 5.74) is 0.817. The van der Waals surface area contributed by atoms with Crippen molar-refractivity contribution < 1.29 is 9.53 Å². The molecule has 2 heterocycles. The summed E-state index contributed by atoms with van der Waals surface area (Å²) < 4.78 is 5.17. The van der Waals surface area contributed by atoms with Gasteiger partial charge >= 0.3 is 6.03 Å². The Hall–Kier alpha value is -1.40. The van der Waals surface area contributed by atoms with Crippen LogP contribution >= 0.6 is 11.8 Å². The Morgan fingerprint density at radius 2 is 1.96 bits per heavy atom. The molecule has 1 N–H and O–H groups in total. The maximum absolute atomic E-state index is 12.8. The fourth-order valence-electron chi connectivity index (χ4n) is 3.38. The topological polar surface area (TPSA) is 44.8 Å². The first-order valence-electron chi connectivity index (χ1n) is 8.78. The van der Waals surface area contributed by atoms with Crippen molar-refractivity contribution in [1.29, 1.82) is 0 Å². The van der Waals surface area contributed by atoms with E-state index in [2.05, 4.69) is 10.2 Å². The minimum absolute atomic E-state index is 0.0202. The van der Waals surface area contributed by atoms with E-state index in [1.807, 2.05) is 40.9 Å². The highest BCUT2D eigenvalue weighted by Crippen LogP contribution is 2.21. The van der Waals surface area contributed by atoms with Gasteiger partial charge in [-0.05, 0) is 62.4 Å². The van der Waals surface area contributed by atoms with Crippen LogP contribution in [0, 0.1) is 0 Å². The largest absolute Gasteiger partial charge is 0.497 e. The van der Waals surface area contributed by atoms with Gasteiger partial charge in [-0.25, -0.2) is 4.79 Å². The van der Waals surface area contributed by atoms with E-state index in [1.165, 1.54) is 25.9 Å². The van der Waals surface area contributed by atoms with Gasteiger partial charge in [0.2, 0.25) is 0 Å². The number of carbonyl (C=O) groups is 1. The molecule has 0 bridgehead atoms. The summed E-state index contributed by atoms with van der Waals surface area (Å²) >= 11 is 1.97. The molecule has 1 aromatic rings. The predicted molar refractivity (Wildman–Crippen MR) is 100 cm³/mol. The van der Waals surface area contributed by atoms with Gasteiger partial charge in [0.15, 0.2) is 0 Å². The van der Waals surface area contributed by atoms with Gasteiger partial charge in [0.1, 0.15) is 5.75 Å². The van der Waals surface area contributed by atoms with E-state index in [0.717, 1.165) is 42.5 Å². The lowest BCUT2D eigenvalue weighted by Gasteiger charge is -2.32. The van der Waals surface area contributed by atoms with Crippen LogP contribution in [-0.2, 0) is 0 Å². The number of carbonyl (C=O) groups excluding carboxylic acids is 1. The molecule has 6 heteroatoms. The van der Waals surface area contributed by atoms with Gasteiger partial charge in [0.25, 0.3) is 0 Å². The zero-order chi connectivity index (χ0) is 16.8. The van der Waals surface area contributed by atoms with Crippen molar-refractivity contribution in [2.75, 3.05) is 50.1 Å². The number of urea groups is 1. The van der Waals surface area contributed by atoms with Crippen LogP contribution in [0.3, 0.4) is 0 Å². The van der Waals surface area contributed by atoms with Crippen molar-refractivity contribution in [2.24, 2.45) is 0 Å². The number of ether oxygens (including phenoxy) is 1. The van der Waals surface area contributed by atoms with Crippen LogP contribution in [0.1, 0.15) is 19.3 Å². The van der Waals surface area contributed by atoms with Gasteiger partial charge in [-0.3, -0.25) is 0 Å². The number of methoxy groups -OCH3 is 1. The predicted octanol–water partition coefficient (Wildman–Crippen LogP) is 3.13. The summed E-state index contributed by atoms with van der Waals surface area (Å²) in [4.78, 5) is 17.4. The van der Waals surface area contributed by atoms with E-state index in [4.69, 9.17) is 4.74 Å². The third-order valence-corrected chi connectivity index (χ3v) is 5.91. The molecular formula is C18H27N3O2S. The van der Waals surface area contributed by atoms with E-state index < -0.39 is 0 Å². The molecule has 2 aliphatic heterocycles. The third kappa shape index (κ3) is 4.57. The standard InChI is InChI=1S/C18H27N3O2S/c1-23-17-7-5-15(6-8-17)19-18(22)21-11-4-12-24-14-16(21)13-20-9-2-3-10-20/h5-8,16H,2-4,9-14H2,1H3,(H,19,22)/t16-/m1/s1. The Morgan fingerprint density at radius 3 is 2.67 bits per heavy atom. The summed E-state index contributed by atoms with van der Waals surface area (Å²) in [6.45, 7) is 4.20. The first-order valence-corrected chi connectivity index (χ1v) is 9.93. The van der Waals surface area contributed by atoms with Crippen molar-refractivity contribution >= 4 is 23.5 Å². The second-order valence-corrected chi connectivity index (χ2v) is 7.59. The Bertz CT molecular complexity index is 532. The normalized spacial score (nSPS) is 22.2. The second-order valence-electron chi connectivity index (χ2n) is 6.44. The Labute approximate surface area is 148 Å². The SMILES string of the molecule is COc1ccc(NC(=O)N2CCCSC[C@H]2CN2CCCC2)cc1. The van der Waals surface area contributed by atoms with Gasteiger partial charge < -0.3 is 19.9 Å². The minimum Gasteiger partial charge on any atom is -0.497 e. The maximum atomic E-state index is 12.8. The molecule has 2 amide bonds. The van der Waals surface area contributed by atoms with E-state index >= 15 is 0 Å². The fraction of sp³-hybridized carbons (Fsp3) is 0.611. The fourth-order valence-corrected chi connectivity index (χ4v) is 4.44. The average molecular weight is 350 g/mol. The van der Waals surface area contributed by atoms with Crippen molar-refractivity contribution in [1.82, 2.24) is 9.80 Å². The number of thioether (sulfide) groups is 1. The quantitative estimate of drug-likeness (QED) is 0.907. The molecule has 1 atom stereocenters. The molecule has 0 spiro atoms. The molecule has 0 aromatic heterocycles. The average Bonchev–Trinajstić information content (AvgIpc) is 3.00. The zero-order valence-electron chi connectivity index (χ0n) is 14.4. The molecule has 0 unspecified atom stereocenters. The number of anilines is 1.